The van der Waals surface area contributed by atoms with Gasteiger partial charge >= 0.3 is 0 Å². The molecule has 1 saturated carbocycles. The molecule has 0 N–H and O–H groups in total. The highest BCUT2D eigenvalue weighted by atomic mass is 16.5. The van der Waals surface area contributed by atoms with Crippen LogP contribution in [0.3, 0.4) is 0 Å². The van der Waals surface area contributed by atoms with E-state index in [0.717, 1.165) is 38.9 Å². The van der Waals surface area contributed by atoms with E-state index in [9.17, 15) is 4.79 Å². The Balaban J connectivity index is 1.38. The number of nitrogens with zero attached hydrogens (tertiary/aromatic N) is 2. The molecule has 1 aromatic carbocycles. The molecule has 3 saturated heterocycles. The predicted octanol–water partition coefficient (Wildman–Crippen LogP) is 2.59. The van der Waals surface area contributed by atoms with Crippen LogP contribution in [-0.4, -0.2) is 61.1 Å². The zero-order valence-electron chi connectivity index (χ0n) is 16.2. The average molecular weight is 354 g/mol. The zero-order valence-corrected chi connectivity index (χ0v) is 16.2. The van der Waals surface area contributed by atoms with Gasteiger partial charge in [0, 0.05) is 24.9 Å². The number of ether oxygens (including phenoxy) is 1. The van der Waals surface area contributed by atoms with Crippen LogP contribution in [0.15, 0.2) is 24.3 Å². The first-order chi connectivity index (χ1) is 12.4. The molecule has 0 aromatic heterocycles. The smallest absolute Gasteiger partial charge is 0.233 e. The fourth-order valence-electron chi connectivity index (χ4n) is 5.94. The van der Waals surface area contributed by atoms with Gasteiger partial charge in [-0.2, -0.15) is 0 Å². The van der Waals surface area contributed by atoms with Crippen molar-refractivity contribution >= 4 is 5.91 Å². The molecule has 140 valence electrons. The largest absolute Gasteiger partial charge is 0.369 e. The zero-order chi connectivity index (χ0) is 18.1. The minimum absolute atomic E-state index is 0.0512. The van der Waals surface area contributed by atoms with E-state index in [4.69, 9.17) is 4.74 Å². The lowest BCUT2D eigenvalue weighted by molar-refractivity contribution is -0.134. The van der Waals surface area contributed by atoms with Gasteiger partial charge < -0.3 is 14.5 Å². The van der Waals surface area contributed by atoms with E-state index in [0.29, 0.717) is 23.8 Å². The first-order valence-corrected chi connectivity index (χ1v) is 10.1. The van der Waals surface area contributed by atoms with E-state index < -0.39 is 0 Å². The molecule has 2 bridgehead atoms. The number of carbonyl (C=O) groups is 1. The number of carbonyl (C=O) groups excluding carboxylic acids is 1. The summed E-state index contributed by atoms with van der Waals surface area (Å²) in [7, 11) is 4.29. The Hall–Kier alpha value is -1.39. The van der Waals surface area contributed by atoms with Crippen LogP contribution in [0.2, 0.25) is 0 Å². The summed E-state index contributed by atoms with van der Waals surface area (Å²) in [4.78, 5) is 17.9. The van der Waals surface area contributed by atoms with Gasteiger partial charge in [-0.1, -0.05) is 29.8 Å². The minimum Gasteiger partial charge on any atom is -0.369 e. The van der Waals surface area contributed by atoms with Crippen LogP contribution >= 0.6 is 0 Å². The monoisotopic (exact) mass is 354 g/mol. The second-order valence-electron chi connectivity index (χ2n) is 9.43. The van der Waals surface area contributed by atoms with E-state index in [2.05, 4.69) is 55.1 Å². The van der Waals surface area contributed by atoms with Gasteiger partial charge in [-0.3, -0.25) is 4.79 Å². The summed E-state index contributed by atoms with van der Waals surface area (Å²) in [6.45, 7) is 4.87. The molecule has 0 radical (unpaired) electrons. The number of amides is 1. The average Bonchev–Trinajstić information content (AvgIpc) is 3.06. The van der Waals surface area contributed by atoms with Crippen LogP contribution in [0.1, 0.15) is 36.8 Å². The maximum atomic E-state index is 13.5. The normalized spacial score (nSPS) is 36.6. The molecule has 4 fully saturated rings. The Morgan fingerprint density at radius 3 is 2.62 bits per heavy atom. The van der Waals surface area contributed by atoms with Crippen molar-refractivity contribution in [3.05, 3.63) is 35.4 Å². The fraction of sp³-hybridized carbons (Fsp3) is 0.682. The molecule has 3 aliphatic heterocycles. The van der Waals surface area contributed by atoms with Crippen molar-refractivity contribution in [2.45, 2.75) is 49.7 Å². The molecule has 1 aliphatic carbocycles. The Morgan fingerprint density at radius 1 is 1.23 bits per heavy atom. The van der Waals surface area contributed by atoms with E-state index >= 15 is 0 Å². The van der Waals surface area contributed by atoms with Crippen LogP contribution in [0.5, 0.6) is 0 Å². The molecule has 4 atom stereocenters. The molecule has 1 aromatic rings. The summed E-state index contributed by atoms with van der Waals surface area (Å²) in [5, 5.41) is 0. The molecule has 5 rings (SSSR count). The van der Waals surface area contributed by atoms with Crippen molar-refractivity contribution in [1.29, 1.82) is 0 Å². The Kier molecular flexibility index (Phi) is 3.58. The van der Waals surface area contributed by atoms with Crippen LogP contribution in [-0.2, 0) is 14.9 Å². The Labute approximate surface area is 156 Å². The Morgan fingerprint density at radius 2 is 1.96 bits per heavy atom. The van der Waals surface area contributed by atoms with Gasteiger partial charge in [-0.05, 0) is 52.3 Å². The van der Waals surface area contributed by atoms with E-state index in [1.807, 2.05) is 0 Å². The molecular weight excluding hydrogens is 324 g/mol. The Bertz CT molecular complexity index is 724. The third kappa shape index (κ3) is 2.31. The summed E-state index contributed by atoms with van der Waals surface area (Å²) in [6.07, 6.45) is 4.70. The van der Waals surface area contributed by atoms with Crippen molar-refractivity contribution in [2.75, 3.05) is 33.7 Å². The standard InChI is InChI=1S/C22H30N2O2/c1-15-4-6-16(7-5-15)21(10-11-21)20(25)24-13-18-17(12-23(2)3)19-8-9-22(18,14-24)26-19/h4-7,17-19H,8-14H2,1-3H3/t17-,18+,19+,22+/m0/s1. The van der Waals surface area contributed by atoms with Crippen LogP contribution in [0, 0.1) is 18.8 Å². The lowest BCUT2D eigenvalue weighted by Gasteiger charge is -2.30. The van der Waals surface area contributed by atoms with Gasteiger partial charge in [0.15, 0.2) is 0 Å². The number of benzene rings is 1. The topological polar surface area (TPSA) is 32.8 Å². The summed E-state index contributed by atoms with van der Waals surface area (Å²) in [6, 6.07) is 8.59. The second kappa shape index (κ2) is 5.56. The van der Waals surface area contributed by atoms with Crippen molar-refractivity contribution in [3.63, 3.8) is 0 Å². The van der Waals surface area contributed by atoms with Crippen LogP contribution < -0.4 is 0 Å². The minimum atomic E-state index is -0.252. The highest BCUT2D eigenvalue weighted by molar-refractivity contribution is 5.91. The SMILES string of the molecule is Cc1ccc(C2(C(=O)N3C[C@@H]4[C@H](CN(C)C)[C@H]5CC[C@]4(C3)O5)CC2)cc1. The molecule has 4 heteroatoms. The van der Waals surface area contributed by atoms with E-state index in [1.54, 1.807) is 0 Å². The van der Waals surface area contributed by atoms with Gasteiger partial charge in [-0.25, -0.2) is 0 Å². The first kappa shape index (κ1) is 16.8. The maximum absolute atomic E-state index is 13.5. The fourth-order valence-corrected chi connectivity index (χ4v) is 5.94. The number of likely N-dealkylation sites (tertiary alicyclic amines) is 1. The van der Waals surface area contributed by atoms with Crippen molar-refractivity contribution < 1.29 is 9.53 Å². The molecule has 4 nitrogen and oxygen atoms in total. The van der Waals surface area contributed by atoms with Gasteiger partial charge in [0.25, 0.3) is 0 Å². The van der Waals surface area contributed by atoms with Crippen LogP contribution in [0.4, 0.5) is 0 Å². The van der Waals surface area contributed by atoms with Crippen molar-refractivity contribution in [2.24, 2.45) is 11.8 Å². The molecular formula is C22H30N2O2. The third-order valence-corrected chi connectivity index (χ3v) is 7.41. The maximum Gasteiger partial charge on any atom is 0.233 e. The van der Waals surface area contributed by atoms with E-state index in [-0.39, 0.29) is 11.0 Å². The lowest BCUT2D eigenvalue weighted by atomic mass is 9.73. The second-order valence-corrected chi connectivity index (χ2v) is 9.43. The number of aryl methyl sites for hydroxylation is 1. The van der Waals surface area contributed by atoms with Gasteiger partial charge in [0.2, 0.25) is 5.91 Å². The quantitative estimate of drug-likeness (QED) is 0.833. The summed E-state index contributed by atoms with van der Waals surface area (Å²) >= 11 is 0. The molecule has 26 heavy (non-hydrogen) atoms. The predicted molar refractivity (Wildman–Crippen MR) is 101 cm³/mol. The number of hydrogen-bond acceptors (Lipinski definition) is 3. The highest BCUT2D eigenvalue weighted by Crippen LogP contribution is 2.57. The van der Waals surface area contributed by atoms with Crippen LogP contribution in [0.25, 0.3) is 0 Å². The summed E-state index contributed by atoms with van der Waals surface area (Å²) in [5.74, 6) is 1.44. The lowest BCUT2D eigenvalue weighted by Crippen LogP contribution is -2.41. The molecule has 4 aliphatic rings. The van der Waals surface area contributed by atoms with Gasteiger partial charge in [0.05, 0.1) is 23.7 Å². The third-order valence-electron chi connectivity index (χ3n) is 7.41. The number of fused-ring (bicyclic) bond motifs is 1. The highest BCUT2D eigenvalue weighted by Gasteiger charge is 2.65. The van der Waals surface area contributed by atoms with E-state index in [1.165, 1.54) is 17.5 Å². The molecule has 1 amide bonds. The summed E-state index contributed by atoms with van der Waals surface area (Å²) in [5.41, 5.74) is 2.16. The molecule has 0 unspecified atom stereocenters. The molecule has 3 heterocycles. The number of hydrogen-bond donors (Lipinski definition) is 0. The van der Waals surface area contributed by atoms with Gasteiger partial charge in [0.1, 0.15) is 0 Å². The van der Waals surface area contributed by atoms with Gasteiger partial charge in [-0.15, -0.1) is 0 Å². The van der Waals surface area contributed by atoms with Crippen molar-refractivity contribution in [1.82, 2.24) is 9.80 Å². The number of rotatable bonds is 4. The first-order valence-electron chi connectivity index (χ1n) is 10.1. The van der Waals surface area contributed by atoms with Crippen molar-refractivity contribution in [3.8, 4) is 0 Å². The molecule has 1 spiro atoms. The summed E-state index contributed by atoms with van der Waals surface area (Å²) < 4.78 is 6.51.